The Hall–Kier alpha value is -0.350. The lowest BCUT2D eigenvalue weighted by Gasteiger charge is -2.16. The van der Waals surface area contributed by atoms with Crippen LogP contribution in [0, 0.1) is 6.92 Å². The topological polar surface area (TPSA) is 12.0 Å². The summed E-state index contributed by atoms with van der Waals surface area (Å²) in [5.41, 5.74) is 2.66. The Balaban J connectivity index is 2.20. The summed E-state index contributed by atoms with van der Waals surface area (Å²) < 4.78 is 1.81. The molecule has 0 saturated carbocycles. The molecule has 1 aromatic carbocycles. The molecule has 19 heavy (non-hydrogen) atoms. The van der Waals surface area contributed by atoms with Gasteiger partial charge in [-0.1, -0.05) is 48.4 Å². The number of likely N-dealkylation sites (N-methyl/N-ethyl adjacent to an activating group) is 1. The van der Waals surface area contributed by atoms with E-state index < -0.39 is 0 Å². The predicted molar refractivity (Wildman–Crippen MR) is 88.3 cm³/mol. The second kappa shape index (κ2) is 6.89. The van der Waals surface area contributed by atoms with Gasteiger partial charge in [0.25, 0.3) is 0 Å². The summed E-state index contributed by atoms with van der Waals surface area (Å²) in [5, 5.41) is 3.54. The monoisotopic (exact) mass is 357 g/mol. The van der Waals surface area contributed by atoms with E-state index in [0.29, 0.717) is 6.04 Å². The maximum Gasteiger partial charge on any atom is 0.107 e. The molecule has 1 atom stereocenters. The number of thiophene rings is 1. The van der Waals surface area contributed by atoms with Gasteiger partial charge in [0.1, 0.15) is 4.34 Å². The highest BCUT2D eigenvalue weighted by molar-refractivity contribution is 9.10. The van der Waals surface area contributed by atoms with Crippen molar-refractivity contribution in [3.8, 4) is 0 Å². The first-order valence-corrected chi connectivity index (χ1v) is 8.32. The third-order valence-electron chi connectivity index (χ3n) is 2.98. The third kappa shape index (κ3) is 4.06. The van der Waals surface area contributed by atoms with Crippen LogP contribution in [-0.2, 0) is 6.42 Å². The Bertz CT molecular complexity index is 533. The molecule has 0 spiro atoms. The van der Waals surface area contributed by atoms with E-state index in [1.807, 2.05) is 0 Å². The molecule has 102 valence electrons. The molecular formula is C15H17BrClNS. The highest BCUT2D eigenvalue weighted by atomic mass is 79.9. The van der Waals surface area contributed by atoms with Gasteiger partial charge >= 0.3 is 0 Å². The van der Waals surface area contributed by atoms with Gasteiger partial charge in [-0.2, -0.15) is 0 Å². The molecule has 1 nitrogen and oxygen atoms in total. The van der Waals surface area contributed by atoms with Crippen LogP contribution in [0.5, 0.6) is 0 Å². The molecule has 2 rings (SSSR count). The third-order valence-corrected chi connectivity index (χ3v) is 5.57. The van der Waals surface area contributed by atoms with E-state index in [4.69, 9.17) is 11.6 Å². The summed E-state index contributed by atoms with van der Waals surface area (Å²) in [4.78, 5) is 1.28. The molecule has 1 N–H and O–H groups in total. The number of nitrogens with one attached hydrogen (secondary N) is 1. The van der Waals surface area contributed by atoms with Crippen LogP contribution in [-0.4, -0.2) is 6.54 Å². The maximum atomic E-state index is 6.15. The lowest BCUT2D eigenvalue weighted by atomic mass is 10.0. The van der Waals surface area contributed by atoms with Gasteiger partial charge in [-0.15, -0.1) is 11.3 Å². The van der Waals surface area contributed by atoms with Crippen molar-refractivity contribution in [3.05, 3.63) is 55.1 Å². The Morgan fingerprint density at radius 3 is 2.74 bits per heavy atom. The fourth-order valence-corrected chi connectivity index (χ4v) is 3.94. The Morgan fingerprint density at radius 2 is 2.16 bits per heavy atom. The van der Waals surface area contributed by atoms with Crippen molar-refractivity contribution in [2.24, 2.45) is 0 Å². The van der Waals surface area contributed by atoms with E-state index in [9.17, 15) is 0 Å². The quantitative estimate of drug-likeness (QED) is 0.758. The molecule has 0 bridgehead atoms. The molecule has 0 saturated heterocycles. The maximum absolute atomic E-state index is 6.15. The zero-order valence-electron chi connectivity index (χ0n) is 11.0. The molecule has 0 aliphatic carbocycles. The Kier molecular flexibility index (Phi) is 5.46. The first-order chi connectivity index (χ1) is 9.10. The highest BCUT2D eigenvalue weighted by Crippen LogP contribution is 2.36. The van der Waals surface area contributed by atoms with E-state index in [-0.39, 0.29) is 0 Å². The largest absolute Gasteiger partial charge is 0.309 e. The normalized spacial score (nSPS) is 12.6. The second-order valence-electron chi connectivity index (χ2n) is 4.57. The van der Waals surface area contributed by atoms with Crippen LogP contribution in [0.15, 0.2) is 34.8 Å². The summed E-state index contributed by atoms with van der Waals surface area (Å²) in [6.45, 7) is 5.21. The summed E-state index contributed by atoms with van der Waals surface area (Å²) in [5.74, 6) is 0. The van der Waals surface area contributed by atoms with Crippen molar-refractivity contribution < 1.29 is 0 Å². The first kappa shape index (κ1) is 15.0. The van der Waals surface area contributed by atoms with Gasteiger partial charge < -0.3 is 5.32 Å². The van der Waals surface area contributed by atoms with Crippen LogP contribution in [0.4, 0.5) is 0 Å². The van der Waals surface area contributed by atoms with Crippen LogP contribution in [0.3, 0.4) is 0 Å². The van der Waals surface area contributed by atoms with E-state index in [0.717, 1.165) is 21.8 Å². The van der Waals surface area contributed by atoms with E-state index in [1.165, 1.54) is 16.0 Å². The Labute approximate surface area is 132 Å². The van der Waals surface area contributed by atoms with Crippen molar-refractivity contribution in [2.75, 3.05) is 6.54 Å². The number of hydrogen-bond donors (Lipinski definition) is 1. The van der Waals surface area contributed by atoms with Crippen molar-refractivity contribution in [2.45, 2.75) is 26.3 Å². The van der Waals surface area contributed by atoms with Crippen molar-refractivity contribution in [1.82, 2.24) is 5.32 Å². The lowest BCUT2D eigenvalue weighted by molar-refractivity contribution is 0.558. The van der Waals surface area contributed by atoms with Crippen LogP contribution in [0.2, 0.25) is 4.34 Å². The van der Waals surface area contributed by atoms with Crippen molar-refractivity contribution in [1.29, 1.82) is 0 Å². The highest BCUT2D eigenvalue weighted by Gasteiger charge is 2.15. The standard InChI is InChI=1S/C15H17BrClNS/c1-3-18-13(14-9-12(16)15(17)19-14)8-11-6-4-5-10(2)7-11/h4-7,9,13,18H,3,8H2,1-2H3. The average Bonchev–Trinajstić information content (AvgIpc) is 2.69. The number of aryl methyl sites for hydroxylation is 1. The molecule has 0 amide bonds. The van der Waals surface area contributed by atoms with Crippen LogP contribution < -0.4 is 5.32 Å². The minimum absolute atomic E-state index is 0.320. The van der Waals surface area contributed by atoms with Crippen LogP contribution >= 0.6 is 38.9 Å². The van der Waals surface area contributed by atoms with E-state index in [2.05, 4.69) is 65.4 Å². The molecule has 0 aliphatic heterocycles. The zero-order valence-corrected chi connectivity index (χ0v) is 14.2. The molecular weight excluding hydrogens is 342 g/mol. The molecule has 4 heteroatoms. The lowest BCUT2D eigenvalue weighted by Crippen LogP contribution is -2.22. The summed E-state index contributed by atoms with van der Waals surface area (Å²) in [7, 11) is 0. The predicted octanol–water partition coefficient (Wildman–Crippen LogP) is 5.37. The van der Waals surface area contributed by atoms with Gasteiger partial charge in [0, 0.05) is 15.4 Å². The van der Waals surface area contributed by atoms with Crippen molar-refractivity contribution >= 4 is 38.9 Å². The minimum atomic E-state index is 0.320. The van der Waals surface area contributed by atoms with Crippen LogP contribution in [0.25, 0.3) is 0 Å². The molecule has 1 unspecified atom stereocenters. The number of benzene rings is 1. The van der Waals surface area contributed by atoms with E-state index in [1.54, 1.807) is 11.3 Å². The van der Waals surface area contributed by atoms with E-state index >= 15 is 0 Å². The minimum Gasteiger partial charge on any atom is -0.309 e. The van der Waals surface area contributed by atoms with Gasteiger partial charge in [-0.25, -0.2) is 0 Å². The molecule has 2 aromatic rings. The smallest absolute Gasteiger partial charge is 0.107 e. The number of rotatable bonds is 5. The number of hydrogen-bond acceptors (Lipinski definition) is 2. The molecule has 1 aromatic heterocycles. The van der Waals surface area contributed by atoms with Crippen LogP contribution in [0.1, 0.15) is 29.0 Å². The summed E-state index contributed by atoms with van der Waals surface area (Å²) in [6.07, 6.45) is 0.985. The first-order valence-electron chi connectivity index (χ1n) is 6.33. The number of halogens is 2. The zero-order chi connectivity index (χ0) is 13.8. The van der Waals surface area contributed by atoms with Gasteiger partial charge in [0.2, 0.25) is 0 Å². The fourth-order valence-electron chi connectivity index (χ4n) is 2.13. The van der Waals surface area contributed by atoms with Crippen molar-refractivity contribution in [3.63, 3.8) is 0 Å². The molecule has 0 aliphatic rings. The molecule has 0 radical (unpaired) electrons. The summed E-state index contributed by atoms with van der Waals surface area (Å²) >= 11 is 11.3. The van der Waals surface area contributed by atoms with Gasteiger partial charge in [0.05, 0.1) is 0 Å². The summed E-state index contributed by atoms with van der Waals surface area (Å²) in [6, 6.07) is 11.1. The SMILES string of the molecule is CCNC(Cc1cccc(C)c1)c1cc(Br)c(Cl)s1. The molecule has 0 fully saturated rings. The Morgan fingerprint density at radius 1 is 1.37 bits per heavy atom. The van der Waals surface area contributed by atoms with Gasteiger partial charge in [0.15, 0.2) is 0 Å². The second-order valence-corrected chi connectivity index (χ2v) is 7.11. The molecule has 1 heterocycles. The van der Waals surface area contributed by atoms with Gasteiger partial charge in [-0.3, -0.25) is 0 Å². The fraction of sp³-hybridized carbons (Fsp3) is 0.333. The average molecular weight is 359 g/mol. The van der Waals surface area contributed by atoms with Gasteiger partial charge in [-0.05, 0) is 47.4 Å².